The Morgan fingerprint density at radius 1 is 1.29 bits per heavy atom. The van der Waals surface area contributed by atoms with Crippen molar-refractivity contribution in [3.8, 4) is 11.5 Å². The Bertz CT molecular complexity index is 876. The molecule has 0 unspecified atom stereocenters. The van der Waals surface area contributed by atoms with Crippen LogP contribution < -0.4 is 0 Å². The Morgan fingerprint density at radius 3 is 2.71 bits per heavy atom. The number of nitro groups is 1. The quantitative estimate of drug-likeness (QED) is 0.530. The maximum atomic E-state index is 10.9. The highest BCUT2D eigenvalue weighted by atomic mass is 35.5. The van der Waals surface area contributed by atoms with Gasteiger partial charge in [-0.25, -0.2) is 14.5 Å². The van der Waals surface area contributed by atoms with E-state index in [-0.39, 0.29) is 5.82 Å². The maximum absolute atomic E-state index is 10.9. The van der Waals surface area contributed by atoms with Crippen LogP contribution in [0.25, 0.3) is 22.4 Å². The van der Waals surface area contributed by atoms with Crippen LogP contribution in [0.5, 0.6) is 0 Å². The summed E-state index contributed by atoms with van der Waals surface area (Å²) >= 11 is 12.2. The number of nitrogens with zero attached hydrogens (tertiary/aromatic N) is 4. The summed E-state index contributed by atoms with van der Waals surface area (Å²) < 4.78 is 1.36. The molecule has 0 saturated carbocycles. The van der Waals surface area contributed by atoms with Crippen LogP contribution in [0.2, 0.25) is 10.0 Å². The third-order valence-corrected chi connectivity index (χ3v) is 3.65. The van der Waals surface area contributed by atoms with E-state index in [0.717, 1.165) is 5.39 Å². The van der Waals surface area contributed by atoms with Gasteiger partial charge < -0.3 is 10.1 Å². The first-order chi connectivity index (χ1) is 9.97. The largest absolute Gasteiger partial charge is 0.358 e. The smallest absolute Gasteiger partial charge is 0.342 e. The topological polar surface area (TPSA) is 73.8 Å². The molecule has 0 aliphatic carbocycles. The zero-order chi connectivity index (χ0) is 15.1. The molecule has 0 N–H and O–H groups in total. The maximum Gasteiger partial charge on any atom is 0.342 e. The second-order valence-corrected chi connectivity index (χ2v) is 5.25. The summed E-state index contributed by atoms with van der Waals surface area (Å²) in [5.41, 5.74) is 1.11. The molecule has 3 aromatic rings. The van der Waals surface area contributed by atoms with Gasteiger partial charge in [0.15, 0.2) is 0 Å². The van der Waals surface area contributed by atoms with Gasteiger partial charge in [0.05, 0.1) is 17.6 Å². The van der Waals surface area contributed by atoms with Crippen molar-refractivity contribution in [2.75, 3.05) is 0 Å². The number of fused-ring (bicyclic) bond motifs is 1. The molecule has 0 fully saturated rings. The van der Waals surface area contributed by atoms with Gasteiger partial charge in [-0.3, -0.25) is 0 Å². The number of hydrogen-bond donors (Lipinski definition) is 0. The molecule has 1 aromatic carbocycles. The van der Waals surface area contributed by atoms with Gasteiger partial charge in [0, 0.05) is 10.4 Å². The van der Waals surface area contributed by atoms with Crippen LogP contribution in [0.4, 0.5) is 5.82 Å². The minimum Gasteiger partial charge on any atom is -0.358 e. The summed E-state index contributed by atoms with van der Waals surface area (Å²) in [7, 11) is 1.56. The van der Waals surface area contributed by atoms with E-state index in [1.165, 1.54) is 10.8 Å². The van der Waals surface area contributed by atoms with E-state index in [0.29, 0.717) is 27.1 Å². The lowest BCUT2D eigenvalue weighted by atomic mass is 10.2. The van der Waals surface area contributed by atoms with Crippen LogP contribution in [0.3, 0.4) is 0 Å². The van der Waals surface area contributed by atoms with Crippen LogP contribution in [0.15, 0.2) is 30.5 Å². The number of aromatic nitrogens is 3. The minimum atomic E-state index is -0.501. The van der Waals surface area contributed by atoms with E-state index < -0.39 is 4.92 Å². The first-order valence-electron chi connectivity index (χ1n) is 5.89. The van der Waals surface area contributed by atoms with Crippen LogP contribution in [0.1, 0.15) is 0 Å². The Hall–Kier alpha value is -2.18. The summed E-state index contributed by atoms with van der Waals surface area (Å²) in [6.07, 6.45) is 1.19. The third kappa shape index (κ3) is 2.32. The van der Waals surface area contributed by atoms with E-state index in [2.05, 4.69) is 9.97 Å². The lowest BCUT2D eigenvalue weighted by molar-refractivity contribution is -0.391. The van der Waals surface area contributed by atoms with Gasteiger partial charge in [0.25, 0.3) is 0 Å². The summed E-state index contributed by atoms with van der Waals surface area (Å²) in [4.78, 5) is 18.8. The van der Waals surface area contributed by atoms with Gasteiger partial charge in [0.2, 0.25) is 5.82 Å². The zero-order valence-electron chi connectivity index (χ0n) is 10.7. The molecule has 21 heavy (non-hydrogen) atoms. The Labute approximate surface area is 129 Å². The Balaban J connectivity index is 2.22. The Morgan fingerprint density at radius 2 is 2.05 bits per heavy atom. The molecule has 0 amide bonds. The number of benzene rings is 1. The van der Waals surface area contributed by atoms with Crippen LogP contribution in [0, 0.1) is 10.1 Å². The lowest BCUT2D eigenvalue weighted by Crippen LogP contribution is -2.00. The summed E-state index contributed by atoms with van der Waals surface area (Å²) in [5.74, 6) is 0.263. The van der Waals surface area contributed by atoms with Gasteiger partial charge in [-0.15, -0.1) is 0 Å². The van der Waals surface area contributed by atoms with Crippen molar-refractivity contribution in [1.29, 1.82) is 0 Å². The van der Waals surface area contributed by atoms with Crippen LogP contribution in [-0.4, -0.2) is 19.5 Å². The number of hydrogen-bond acceptors (Lipinski definition) is 4. The number of halogens is 2. The standard InChI is InChI=1S/C13H8Cl2N4O2/c1-18-12(19(20)21)6-16-13(18)11-5-9(15)8-4-7(14)2-3-10(8)17-11/h2-6H,1H3. The van der Waals surface area contributed by atoms with Crippen molar-refractivity contribution in [1.82, 2.24) is 14.5 Å². The lowest BCUT2D eigenvalue weighted by Gasteiger charge is -2.04. The molecule has 8 heteroatoms. The molecule has 106 valence electrons. The molecule has 0 saturated heterocycles. The summed E-state index contributed by atoms with van der Waals surface area (Å²) in [6, 6.07) is 6.78. The van der Waals surface area contributed by atoms with E-state index in [1.807, 2.05) is 0 Å². The molecule has 0 bridgehead atoms. The number of imidazole rings is 1. The molecule has 0 aliphatic rings. The van der Waals surface area contributed by atoms with Gasteiger partial charge in [-0.05, 0) is 29.2 Å². The molecular weight excluding hydrogens is 315 g/mol. The molecule has 2 aromatic heterocycles. The van der Waals surface area contributed by atoms with Gasteiger partial charge in [-0.2, -0.15) is 0 Å². The average molecular weight is 323 g/mol. The predicted octanol–water partition coefficient (Wildman–Crippen LogP) is 3.85. The van der Waals surface area contributed by atoms with Crippen molar-refractivity contribution < 1.29 is 4.92 Å². The second-order valence-electron chi connectivity index (χ2n) is 4.41. The van der Waals surface area contributed by atoms with Crippen molar-refractivity contribution in [3.63, 3.8) is 0 Å². The van der Waals surface area contributed by atoms with Crippen LogP contribution >= 0.6 is 23.2 Å². The van der Waals surface area contributed by atoms with Gasteiger partial charge in [0.1, 0.15) is 11.9 Å². The third-order valence-electron chi connectivity index (χ3n) is 3.10. The van der Waals surface area contributed by atoms with E-state index in [4.69, 9.17) is 23.2 Å². The van der Waals surface area contributed by atoms with Crippen molar-refractivity contribution >= 4 is 39.9 Å². The first kappa shape index (κ1) is 13.8. The van der Waals surface area contributed by atoms with Crippen molar-refractivity contribution in [2.24, 2.45) is 7.05 Å². The molecule has 3 rings (SSSR count). The SMILES string of the molecule is Cn1c([N+](=O)[O-])cnc1-c1cc(Cl)c2cc(Cl)ccc2n1. The molecule has 2 heterocycles. The fourth-order valence-electron chi connectivity index (χ4n) is 2.08. The fraction of sp³-hybridized carbons (Fsp3) is 0.0769. The highest BCUT2D eigenvalue weighted by Crippen LogP contribution is 2.30. The number of rotatable bonds is 2. The molecule has 0 atom stereocenters. The summed E-state index contributed by atoms with van der Waals surface area (Å²) in [6.45, 7) is 0. The fourth-order valence-corrected chi connectivity index (χ4v) is 2.51. The minimum absolute atomic E-state index is 0.112. The van der Waals surface area contributed by atoms with Gasteiger partial charge in [-0.1, -0.05) is 23.2 Å². The van der Waals surface area contributed by atoms with E-state index in [9.17, 15) is 10.1 Å². The average Bonchev–Trinajstić information content (AvgIpc) is 2.81. The molecule has 6 nitrogen and oxygen atoms in total. The Kier molecular flexibility index (Phi) is 3.27. The van der Waals surface area contributed by atoms with Crippen LogP contribution in [-0.2, 0) is 7.05 Å². The number of pyridine rings is 1. The van der Waals surface area contributed by atoms with E-state index in [1.54, 1.807) is 31.3 Å². The normalized spacial score (nSPS) is 11.0. The highest BCUT2D eigenvalue weighted by Gasteiger charge is 2.20. The van der Waals surface area contributed by atoms with Gasteiger partial charge >= 0.3 is 5.82 Å². The molecule has 0 aliphatic heterocycles. The van der Waals surface area contributed by atoms with E-state index >= 15 is 0 Å². The molecule has 0 radical (unpaired) electrons. The monoisotopic (exact) mass is 322 g/mol. The molecular formula is C13H8Cl2N4O2. The summed E-state index contributed by atoms with van der Waals surface area (Å²) in [5, 5.41) is 12.6. The second kappa shape index (κ2) is 4.98. The zero-order valence-corrected chi connectivity index (χ0v) is 12.3. The van der Waals surface area contributed by atoms with Crippen molar-refractivity contribution in [3.05, 3.63) is 50.6 Å². The van der Waals surface area contributed by atoms with Crippen molar-refractivity contribution in [2.45, 2.75) is 0 Å². The highest BCUT2D eigenvalue weighted by molar-refractivity contribution is 6.37. The predicted molar refractivity (Wildman–Crippen MR) is 80.6 cm³/mol. The first-order valence-corrected chi connectivity index (χ1v) is 6.65. The molecule has 0 spiro atoms.